The number of hydrogen-bond donors (Lipinski definition) is 0. The van der Waals surface area contributed by atoms with Gasteiger partial charge >= 0.3 is 13.6 Å². The minimum atomic E-state index is -3.75. The molecule has 0 aliphatic heterocycles. The van der Waals surface area contributed by atoms with Gasteiger partial charge in [-0.25, -0.2) is 0 Å². The molecule has 0 aliphatic rings. The van der Waals surface area contributed by atoms with E-state index >= 15 is 0 Å². The highest BCUT2D eigenvalue weighted by molar-refractivity contribution is 7.54. The van der Waals surface area contributed by atoms with Crippen molar-refractivity contribution in [1.29, 1.82) is 0 Å². The zero-order valence-corrected chi connectivity index (χ0v) is 14.9. The Hall–Kier alpha value is 0.200. The second-order valence-electron chi connectivity index (χ2n) is 5.25. The number of hydrogen-bond acceptors (Lipinski definition) is 5. The maximum absolute atomic E-state index is 12.8. The third-order valence-corrected chi connectivity index (χ3v) is 4.84. The summed E-state index contributed by atoms with van der Waals surface area (Å²) >= 11 is 11.5. The summed E-state index contributed by atoms with van der Waals surface area (Å²) < 4.78 is 28.4. The van der Waals surface area contributed by atoms with Gasteiger partial charge in [0.2, 0.25) is 5.85 Å². The molecule has 0 fully saturated rings. The quantitative estimate of drug-likeness (QED) is 0.354. The highest BCUT2D eigenvalue weighted by Gasteiger charge is 2.43. The van der Waals surface area contributed by atoms with Crippen molar-refractivity contribution in [2.75, 3.05) is 13.2 Å². The van der Waals surface area contributed by atoms with Crippen LogP contribution in [0.3, 0.4) is 0 Å². The summed E-state index contributed by atoms with van der Waals surface area (Å²) in [6.07, 6.45) is 0. The van der Waals surface area contributed by atoms with Gasteiger partial charge in [0.05, 0.1) is 13.2 Å². The molecule has 0 aromatic heterocycles. The summed E-state index contributed by atoms with van der Waals surface area (Å²) in [5.41, 5.74) is 0. The van der Waals surface area contributed by atoms with E-state index in [-0.39, 0.29) is 25.0 Å². The van der Waals surface area contributed by atoms with Crippen LogP contribution in [0.2, 0.25) is 0 Å². The highest BCUT2D eigenvalue weighted by atomic mass is 35.5. The summed E-state index contributed by atoms with van der Waals surface area (Å²) in [6, 6.07) is 0. The third kappa shape index (κ3) is 7.84. The molecule has 0 radical (unpaired) electrons. The average molecular weight is 349 g/mol. The van der Waals surface area contributed by atoms with Gasteiger partial charge in [0.1, 0.15) is 0 Å². The zero-order valence-electron chi connectivity index (χ0n) is 12.5. The molecule has 0 aromatic carbocycles. The molecule has 0 spiro atoms. The Bertz CT molecular complexity index is 331. The van der Waals surface area contributed by atoms with Crippen molar-refractivity contribution in [1.82, 2.24) is 0 Å². The van der Waals surface area contributed by atoms with E-state index in [0.717, 1.165) is 0 Å². The van der Waals surface area contributed by atoms with Crippen LogP contribution in [0.5, 0.6) is 0 Å². The third-order valence-electron chi connectivity index (χ3n) is 1.99. The van der Waals surface area contributed by atoms with Gasteiger partial charge < -0.3 is 13.8 Å². The van der Waals surface area contributed by atoms with Crippen LogP contribution < -0.4 is 0 Å². The Morgan fingerprint density at radius 3 is 1.70 bits per heavy atom. The minimum absolute atomic E-state index is 0.132. The van der Waals surface area contributed by atoms with Crippen molar-refractivity contribution < 1.29 is 23.1 Å². The second-order valence-corrected chi connectivity index (χ2v) is 8.52. The molecule has 5 nitrogen and oxygen atoms in total. The molecular formula is C12H23Cl2O5P. The Morgan fingerprint density at radius 2 is 1.45 bits per heavy atom. The fourth-order valence-electron chi connectivity index (χ4n) is 1.11. The number of ether oxygens (including phenoxy) is 1. The van der Waals surface area contributed by atoms with Crippen molar-refractivity contribution in [3.8, 4) is 0 Å². The standard InChI is InChI=1S/C12H23Cl2O5P/c1-8(2)6-17-20(16,18-7-9(3)4)12(11(13)14)19-10(5)15/h8-9,11-12H,6-7H2,1-5H3. The van der Waals surface area contributed by atoms with Gasteiger partial charge in [0, 0.05) is 6.92 Å². The topological polar surface area (TPSA) is 61.8 Å². The lowest BCUT2D eigenvalue weighted by Gasteiger charge is -2.28. The predicted octanol–water partition coefficient (Wildman–Crippen LogP) is 4.22. The van der Waals surface area contributed by atoms with Crippen LogP contribution in [0.1, 0.15) is 34.6 Å². The van der Waals surface area contributed by atoms with Crippen LogP contribution in [0.15, 0.2) is 0 Å². The Labute approximate surface area is 130 Å². The van der Waals surface area contributed by atoms with Gasteiger partial charge in [0.15, 0.2) is 4.84 Å². The lowest BCUT2D eigenvalue weighted by atomic mass is 10.2. The van der Waals surface area contributed by atoms with E-state index in [1.807, 2.05) is 27.7 Å². The number of esters is 1. The molecule has 0 amide bonds. The number of halogens is 2. The number of carbonyl (C=O) groups is 1. The molecule has 8 heteroatoms. The van der Waals surface area contributed by atoms with Gasteiger partial charge in [-0.1, -0.05) is 27.7 Å². The molecule has 1 atom stereocenters. The van der Waals surface area contributed by atoms with E-state index in [2.05, 4.69) is 0 Å². The minimum Gasteiger partial charge on any atom is -0.447 e. The summed E-state index contributed by atoms with van der Waals surface area (Å²) in [7, 11) is -3.75. The van der Waals surface area contributed by atoms with Crippen molar-refractivity contribution in [2.24, 2.45) is 11.8 Å². The van der Waals surface area contributed by atoms with E-state index in [4.69, 9.17) is 37.0 Å². The predicted molar refractivity (Wildman–Crippen MR) is 80.2 cm³/mol. The molecule has 0 aliphatic carbocycles. The molecular weight excluding hydrogens is 326 g/mol. The Kier molecular flexibility index (Phi) is 9.36. The molecule has 0 saturated carbocycles. The SMILES string of the molecule is CC(=O)OC(C(Cl)Cl)P(=O)(OCC(C)C)OCC(C)C. The van der Waals surface area contributed by atoms with Gasteiger partial charge in [-0.3, -0.25) is 9.36 Å². The van der Waals surface area contributed by atoms with Gasteiger partial charge in [-0.2, -0.15) is 0 Å². The number of carbonyl (C=O) groups excluding carboxylic acids is 1. The average Bonchev–Trinajstić information content (AvgIpc) is 2.30. The van der Waals surface area contributed by atoms with Crippen molar-refractivity contribution >= 4 is 36.8 Å². The summed E-state index contributed by atoms with van der Waals surface area (Å²) in [4.78, 5) is 9.91. The van der Waals surface area contributed by atoms with Crippen molar-refractivity contribution in [3.63, 3.8) is 0 Å². The molecule has 20 heavy (non-hydrogen) atoms. The van der Waals surface area contributed by atoms with Crippen LogP contribution in [-0.4, -0.2) is 29.9 Å². The van der Waals surface area contributed by atoms with Gasteiger partial charge in [0.25, 0.3) is 0 Å². The number of alkyl halides is 2. The molecule has 0 N–H and O–H groups in total. The monoisotopic (exact) mass is 348 g/mol. The number of rotatable bonds is 9. The van der Waals surface area contributed by atoms with Crippen LogP contribution in [0, 0.1) is 11.8 Å². The van der Waals surface area contributed by atoms with Crippen LogP contribution in [0.4, 0.5) is 0 Å². The lowest BCUT2D eigenvalue weighted by Crippen LogP contribution is -2.27. The Morgan fingerprint density at radius 1 is 1.05 bits per heavy atom. The molecule has 0 rings (SSSR count). The molecule has 0 bridgehead atoms. The lowest BCUT2D eigenvalue weighted by molar-refractivity contribution is -0.143. The first kappa shape index (κ1) is 20.2. The molecule has 120 valence electrons. The molecule has 1 unspecified atom stereocenters. The van der Waals surface area contributed by atoms with E-state index in [1.54, 1.807) is 0 Å². The zero-order chi connectivity index (χ0) is 15.9. The Balaban J connectivity index is 5.10. The maximum Gasteiger partial charge on any atom is 0.373 e. The van der Waals surface area contributed by atoms with Crippen molar-refractivity contribution in [2.45, 2.75) is 45.3 Å². The first-order valence-electron chi connectivity index (χ1n) is 6.42. The van der Waals surface area contributed by atoms with E-state index in [9.17, 15) is 9.36 Å². The molecule has 0 heterocycles. The van der Waals surface area contributed by atoms with Crippen molar-refractivity contribution in [3.05, 3.63) is 0 Å². The first-order valence-corrected chi connectivity index (χ1v) is 8.91. The van der Waals surface area contributed by atoms with E-state index in [0.29, 0.717) is 0 Å². The largest absolute Gasteiger partial charge is 0.447 e. The summed E-state index contributed by atoms with van der Waals surface area (Å²) in [5.74, 6) is -1.72. The van der Waals surface area contributed by atoms with Gasteiger partial charge in [-0.05, 0) is 11.8 Å². The molecule has 0 saturated heterocycles. The van der Waals surface area contributed by atoms with E-state index < -0.39 is 24.2 Å². The normalized spacial score (nSPS) is 14.1. The smallest absolute Gasteiger partial charge is 0.373 e. The fourth-order valence-corrected chi connectivity index (χ4v) is 3.98. The summed E-state index contributed by atoms with van der Waals surface area (Å²) in [6.45, 7) is 9.14. The molecule has 0 aromatic rings. The maximum atomic E-state index is 12.8. The second kappa shape index (κ2) is 9.26. The van der Waals surface area contributed by atoms with E-state index in [1.165, 1.54) is 6.92 Å². The fraction of sp³-hybridized carbons (Fsp3) is 0.917. The summed E-state index contributed by atoms with van der Waals surface area (Å²) in [5, 5.41) is 0. The highest BCUT2D eigenvalue weighted by Crippen LogP contribution is 2.56. The van der Waals surface area contributed by atoms with Crippen LogP contribution in [-0.2, 0) is 23.1 Å². The van der Waals surface area contributed by atoms with Crippen LogP contribution >= 0.6 is 30.8 Å². The van der Waals surface area contributed by atoms with Gasteiger partial charge in [-0.15, -0.1) is 23.2 Å². The first-order chi connectivity index (χ1) is 9.08. The van der Waals surface area contributed by atoms with Crippen LogP contribution in [0.25, 0.3) is 0 Å².